The molecular weight excluding hydrogens is 1280 g/mol. The van der Waals surface area contributed by atoms with Gasteiger partial charge in [-0.3, -0.25) is 33.0 Å². The topological polar surface area (TPSA) is 283 Å². The zero-order chi connectivity index (χ0) is 69.8. The number of carbonyl (C=O) groups excluding carboxylic acids is 7. The molecule has 14 aliphatic rings. The summed E-state index contributed by atoms with van der Waals surface area (Å²) in [5, 5.41) is 0. The normalized spacial score (nSPS) is 30.5. The van der Waals surface area contributed by atoms with E-state index in [-0.39, 0.29) is 124 Å². The third-order valence-corrected chi connectivity index (χ3v) is 24.5. The molecule has 96 heavy (non-hydrogen) atoms. The van der Waals surface area contributed by atoms with Gasteiger partial charge < -0.3 is 61.4 Å². The summed E-state index contributed by atoms with van der Waals surface area (Å²) in [6, 6.07) is 0. The fourth-order valence-electron chi connectivity index (χ4n) is 15.8. The van der Waals surface area contributed by atoms with Crippen LogP contribution in [-0.2, 0) is 109 Å². The van der Waals surface area contributed by atoms with Crippen LogP contribution in [0, 0.1) is 45.3 Å². The molecule has 0 aromatic carbocycles. The van der Waals surface area contributed by atoms with E-state index >= 15 is 0 Å². The molecule has 0 aromatic heterocycles. The number of methoxy groups -OCH3 is 5. The van der Waals surface area contributed by atoms with Crippen LogP contribution in [0.4, 0.5) is 13.2 Å². The zero-order valence-corrected chi connectivity index (χ0v) is 58.2. The average Bonchev–Trinajstić information content (AvgIpc) is 1.59. The molecule has 0 bridgehead atoms. The standard InChI is InChI=1S/C16H25BO4.C12H18O4.C11H15F3O5S.C11H16O4.C10H14O3.C8H12O3/c1-14(2)15(3,4)21-17(20-14)11-6-8-16(9-7-11)10-12(16)13(18)19-5;1-14-10(13)9-8-11(9)2-4-12(5-3-11)15-6-7-16-12;1-18-9(15)8-6-10(8)4-2-7(3-5-10)19-20(16,17)11(12,13)14;1-13-10(12)8-9-2-4-11(5-3-9)14-6-7-15-11;1-13-9(12)8-6-10(8)4-2-7(11)3-5-10;9-7-1-3-8(4-2-7)10-5-6-11-8/h6,12H,7-10H2,1-5H3;9H,2-8H2,1H3;7-8H,2-6H2,1H3;8H,2-7H2,1H3;8H,2-6H2,1H3;1-6H2. The first-order chi connectivity index (χ1) is 45.2. The monoisotopic (exact) mass is 1380 g/mol. The predicted molar refractivity (Wildman–Crippen MR) is 334 cm³/mol. The third-order valence-electron chi connectivity index (χ3n) is 23.4. The lowest BCUT2D eigenvalue weighted by atomic mass is 9.69. The molecule has 540 valence electrons. The minimum absolute atomic E-state index is 0.0378. The Morgan fingerprint density at radius 1 is 0.479 bits per heavy atom. The van der Waals surface area contributed by atoms with Crippen molar-refractivity contribution in [3.8, 4) is 0 Å². The number of rotatable bonds is 8. The summed E-state index contributed by atoms with van der Waals surface area (Å²) in [4.78, 5) is 78.7. The Balaban J connectivity index is 0.000000137. The van der Waals surface area contributed by atoms with Crippen LogP contribution in [0.5, 0.6) is 0 Å². The first kappa shape index (κ1) is 75.8. The van der Waals surface area contributed by atoms with Crippen LogP contribution in [-0.4, -0.2) is 172 Å². The van der Waals surface area contributed by atoms with Crippen LogP contribution in [0.3, 0.4) is 0 Å². The number of alkyl halides is 3. The van der Waals surface area contributed by atoms with Gasteiger partial charge in [0.25, 0.3) is 0 Å². The number of carbonyl (C=O) groups is 7. The molecule has 4 aliphatic heterocycles. The van der Waals surface area contributed by atoms with E-state index in [0.29, 0.717) is 96.2 Å². The summed E-state index contributed by atoms with van der Waals surface area (Å²) in [7, 11) is 1.29. The van der Waals surface area contributed by atoms with Gasteiger partial charge >= 0.3 is 52.6 Å². The van der Waals surface area contributed by atoms with Crippen molar-refractivity contribution >= 4 is 58.6 Å². The molecule has 23 nitrogen and oxygen atoms in total. The van der Waals surface area contributed by atoms with Crippen LogP contribution < -0.4 is 0 Å². The Morgan fingerprint density at radius 2 is 0.823 bits per heavy atom. The minimum Gasteiger partial charge on any atom is -0.469 e. The van der Waals surface area contributed by atoms with E-state index < -0.39 is 21.7 Å². The third kappa shape index (κ3) is 17.7. The van der Waals surface area contributed by atoms with Gasteiger partial charge in [0, 0.05) is 70.3 Å². The number of hydrogen-bond acceptors (Lipinski definition) is 23. The maximum absolute atomic E-state index is 12.2. The van der Waals surface area contributed by atoms with Crippen LogP contribution >= 0.6 is 0 Å². The Kier molecular flexibility index (Phi) is 23.7. The molecule has 0 aromatic rings. The Bertz CT molecular complexity index is 2950. The van der Waals surface area contributed by atoms with Gasteiger partial charge in [-0.2, -0.15) is 21.6 Å². The predicted octanol–water partition coefficient (Wildman–Crippen LogP) is 9.95. The number of hydrogen-bond donors (Lipinski definition) is 0. The largest absolute Gasteiger partial charge is 0.523 e. The van der Waals surface area contributed by atoms with Crippen LogP contribution in [0.15, 0.2) is 23.2 Å². The fourth-order valence-corrected chi connectivity index (χ4v) is 16.5. The molecule has 0 amide bonds. The molecule has 28 heteroatoms. The smallest absolute Gasteiger partial charge is 0.469 e. The van der Waals surface area contributed by atoms with E-state index in [2.05, 4.69) is 47.4 Å². The van der Waals surface area contributed by atoms with Crippen LogP contribution in [0.1, 0.15) is 201 Å². The van der Waals surface area contributed by atoms with Crippen molar-refractivity contribution in [1.29, 1.82) is 0 Å². The fraction of sp³-hybridized carbons (Fsp3) is 0.838. The van der Waals surface area contributed by atoms with Crippen molar-refractivity contribution in [2.75, 3.05) is 75.2 Å². The maximum atomic E-state index is 12.2. The highest BCUT2D eigenvalue weighted by atomic mass is 32.2. The SMILES string of the molecule is COC(=O)C1CC12CC=C(B1OC(C)(C)C(C)(C)O1)CC2.COC(=O)C1CC12CCC(=O)CC2.COC(=O)C1CC12CCC(OS(=O)(=O)C(F)(F)F)CC2.COC(=O)C1CC12CCC1(CC2)OCCO1.COC(=O)C=C1CCC2(CC1)OCCO2.O=C1CCC2(CC1)OCCO2. The number of Topliss-reactive ketones (excluding diaryl/α,β-unsaturated/α-hetero) is 2. The van der Waals surface area contributed by atoms with Gasteiger partial charge in [-0.25, -0.2) is 4.79 Å². The number of esters is 5. The van der Waals surface area contributed by atoms with Gasteiger partial charge in [0.05, 0.1) is 116 Å². The molecule has 0 N–H and O–H groups in total. The number of allylic oxidation sites excluding steroid dienone is 3. The summed E-state index contributed by atoms with van der Waals surface area (Å²) in [6.07, 6.45) is 23.9. The second-order valence-corrected chi connectivity index (χ2v) is 31.1. The molecule has 9 saturated carbocycles. The molecule has 7 spiro atoms. The average molecular weight is 1390 g/mol. The van der Waals surface area contributed by atoms with E-state index in [9.17, 15) is 55.2 Å². The van der Waals surface area contributed by atoms with Crippen LogP contribution in [0.25, 0.3) is 0 Å². The van der Waals surface area contributed by atoms with E-state index in [1.54, 1.807) is 6.08 Å². The lowest BCUT2D eigenvalue weighted by molar-refractivity contribution is -0.186. The quantitative estimate of drug-likeness (QED) is 0.0545. The molecule has 13 fully saturated rings. The summed E-state index contributed by atoms with van der Waals surface area (Å²) >= 11 is 0. The molecule has 14 rings (SSSR count). The minimum atomic E-state index is -5.54. The van der Waals surface area contributed by atoms with Crippen molar-refractivity contribution in [3.05, 3.63) is 23.2 Å². The van der Waals surface area contributed by atoms with Crippen molar-refractivity contribution in [2.24, 2.45) is 45.3 Å². The van der Waals surface area contributed by atoms with Crippen molar-refractivity contribution in [1.82, 2.24) is 0 Å². The second-order valence-electron chi connectivity index (χ2n) is 29.6. The molecule has 4 saturated heterocycles. The molecule has 0 radical (unpaired) electrons. The summed E-state index contributed by atoms with van der Waals surface area (Å²) in [5.41, 5.74) is -3.31. The molecule has 4 heterocycles. The second kappa shape index (κ2) is 30.1. The number of ether oxygens (including phenoxy) is 11. The van der Waals surface area contributed by atoms with Gasteiger partial charge in [-0.1, -0.05) is 11.6 Å². The molecule has 5 unspecified atom stereocenters. The highest BCUT2D eigenvalue weighted by Gasteiger charge is 2.64. The molecular formula is C68H100BF3O23S. The van der Waals surface area contributed by atoms with E-state index in [4.69, 9.17) is 51.9 Å². The number of ketones is 2. The summed E-state index contributed by atoms with van der Waals surface area (Å²) in [5.74, 6) is -0.998. The van der Waals surface area contributed by atoms with E-state index in [1.165, 1.54) is 41.0 Å². The van der Waals surface area contributed by atoms with Gasteiger partial charge in [0.1, 0.15) is 11.6 Å². The highest BCUT2D eigenvalue weighted by Crippen LogP contribution is 2.65. The Hall–Kier alpha value is -4.39. The Morgan fingerprint density at radius 3 is 1.20 bits per heavy atom. The van der Waals surface area contributed by atoms with Crippen LogP contribution in [0.2, 0.25) is 0 Å². The molecule has 10 aliphatic carbocycles. The van der Waals surface area contributed by atoms with Gasteiger partial charge in [0.15, 0.2) is 17.4 Å². The van der Waals surface area contributed by atoms with Crippen molar-refractivity contribution in [3.63, 3.8) is 0 Å². The highest BCUT2D eigenvalue weighted by molar-refractivity contribution is 7.87. The number of halogens is 3. The van der Waals surface area contributed by atoms with Gasteiger partial charge in [-0.05, 0) is 164 Å². The lowest BCUT2D eigenvalue weighted by Crippen LogP contribution is -2.41. The first-order valence-corrected chi connectivity index (χ1v) is 35.7. The van der Waals surface area contributed by atoms with Crippen molar-refractivity contribution < 1.29 is 121 Å². The van der Waals surface area contributed by atoms with Gasteiger partial charge in [-0.15, -0.1) is 0 Å². The first-order valence-electron chi connectivity index (χ1n) is 34.2. The summed E-state index contributed by atoms with van der Waals surface area (Å²) in [6.45, 7) is 12.5. The van der Waals surface area contributed by atoms with Gasteiger partial charge in [0.2, 0.25) is 0 Å². The molecule has 5 atom stereocenters. The van der Waals surface area contributed by atoms with E-state index in [1.807, 2.05) is 0 Å². The Labute approximate surface area is 562 Å². The summed E-state index contributed by atoms with van der Waals surface area (Å²) < 4.78 is 132. The lowest BCUT2D eigenvalue weighted by Gasteiger charge is -2.36. The zero-order valence-electron chi connectivity index (χ0n) is 57.4. The van der Waals surface area contributed by atoms with Crippen molar-refractivity contribution in [2.45, 2.75) is 241 Å². The maximum Gasteiger partial charge on any atom is 0.523 e. The van der Waals surface area contributed by atoms with E-state index in [0.717, 1.165) is 121 Å².